The van der Waals surface area contributed by atoms with Crippen LogP contribution in [0.25, 0.3) is 43.2 Å². The summed E-state index contributed by atoms with van der Waals surface area (Å²) in [4.78, 5) is 8.99. The molecule has 0 spiro atoms. The van der Waals surface area contributed by atoms with Crippen LogP contribution in [0, 0.1) is 0 Å². The van der Waals surface area contributed by atoms with E-state index in [0.717, 1.165) is 21.6 Å². The number of nitrogens with two attached hydrogens (primary N) is 3. The highest BCUT2D eigenvalue weighted by Crippen LogP contribution is 2.45. The number of anilines is 2. The zero-order valence-electron chi connectivity index (χ0n) is 20.8. The van der Waals surface area contributed by atoms with Gasteiger partial charge in [-0.25, -0.2) is 28.2 Å². The lowest BCUT2D eigenvalue weighted by atomic mass is 9.95. The molecule has 0 atom stereocenters. The average molecular weight is 592 g/mol. The van der Waals surface area contributed by atoms with Gasteiger partial charge in [-0.15, -0.1) is 5.10 Å². The van der Waals surface area contributed by atoms with Crippen LogP contribution >= 0.6 is 22.7 Å². The lowest BCUT2D eigenvalue weighted by Gasteiger charge is -2.17. The quantitative estimate of drug-likeness (QED) is 0.247. The summed E-state index contributed by atoms with van der Waals surface area (Å²) in [7, 11) is -2.75. The number of hydrogen-bond donors (Lipinski definition) is 3. The van der Waals surface area contributed by atoms with Crippen LogP contribution in [0.5, 0.6) is 5.75 Å². The van der Waals surface area contributed by atoms with E-state index < -0.39 is 10.0 Å². The Morgan fingerprint density at radius 2 is 1.73 bits per heavy atom. The van der Waals surface area contributed by atoms with Crippen molar-refractivity contribution < 1.29 is 13.2 Å². The van der Waals surface area contributed by atoms with Crippen molar-refractivity contribution >= 4 is 53.2 Å². The molecule has 0 radical (unpaired) electrons. The van der Waals surface area contributed by atoms with Crippen molar-refractivity contribution in [3.63, 3.8) is 0 Å². The van der Waals surface area contributed by atoms with E-state index in [1.807, 2.05) is 42.5 Å². The lowest BCUT2D eigenvalue weighted by molar-refractivity contribution is 0.414. The van der Waals surface area contributed by atoms with Crippen LogP contribution in [0.15, 0.2) is 65.7 Å². The molecule has 0 fully saturated rings. The number of aromatic nitrogens is 6. The van der Waals surface area contributed by atoms with Crippen LogP contribution in [0.3, 0.4) is 0 Å². The summed E-state index contributed by atoms with van der Waals surface area (Å²) in [5.41, 5.74) is 15.1. The predicted octanol–water partition coefficient (Wildman–Crippen LogP) is 3.61. The first kappa shape index (κ1) is 25.8. The Labute approximate surface area is 236 Å². The third-order valence-corrected chi connectivity index (χ3v) is 8.91. The Morgan fingerprint density at radius 1 is 0.950 bits per heavy atom. The fraction of sp³-hybridized carbons (Fsp3) is 0.0800. The van der Waals surface area contributed by atoms with Crippen molar-refractivity contribution in [2.45, 2.75) is 11.4 Å². The molecule has 0 saturated carbocycles. The second-order valence-corrected chi connectivity index (χ2v) is 12.3. The zero-order valence-corrected chi connectivity index (χ0v) is 23.3. The molecule has 0 amide bonds. The Kier molecular flexibility index (Phi) is 6.42. The monoisotopic (exact) mass is 591 g/mol. The van der Waals surface area contributed by atoms with Gasteiger partial charge in [-0.1, -0.05) is 59.1 Å². The second kappa shape index (κ2) is 9.95. The van der Waals surface area contributed by atoms with Crippen LogP contribution in [0.2, 0.25) is 0 Å². The summed E-state index contributed by atoms with van der Waals surface area (Å²) in [6.07, 6.45) is 1.51. The molecule has 15 heteroatoms. The van der Waals surface area contributed by atoms with E-state index >= 15 is 0 Å². The van der Waals surface area contributed by atoms with Crippen molar-refractivity contribution in [1.29, 1.82) is 0 Å². The third kappa shape index (κ3) is 4.64. The molecule has 0 aliphatic heterocycles. The second-order valence-electron chi connectivity index (χ2n) is 8.69. The Hall–Kier alpha value is -4.44. The summed E-state index contributed by atoms with van der Waals surface area (Å²) in [6.45, 7) is 0.251. The van der Waals surface area contributed by atoms with E-state index in [1.165, 1.54) is 22.2 Å². The number of primary sulfonamides is 1. The standard InChI is InChI=1S/C25H21N9O3S3/c1-37-14-7-5-13(6-8-14)12-34-23(31-32-33-34)20-15(16-3-2-4-18-21(16)30-25(27)38-18)9-10-17(22(20)40(28,35)36)19-11-29-24(26)39-19/h2-11H,12H2,1H3,(H2,26,29)(H2,27,30)(H2,28,35,36). The van der Waals surface area contributed by atoms with Crippen LogP contribution in [-0.2, 0) is 16.6 Å². The van der Waals surface area contributed by atoms with Gasteiger partial charge in [0.1, 0.15) is 10.6 Å². The number of sulfonamides is 1. The highest BCUT2D eigenvalue weighted by Gasteiger charge is 2.30. The van der Waals surface area contributed by atoms with E-state index in [1.54, 1.807) is 19.2 Å². The molecule has 202 valence electrons. The topological polar surface area (TPSA) is 191 Å². The van der Waals surface area contributed by atoms with Crippen LogP contribution in [0.1, 0.15) is 5.56 Å². The van der Waals surface area contributed by atoms with Gasteiger partial charge in [0.2, 0.25) is 10.0 Å². The maximum absolute atomic E-state index is 13.3. The maximum atomic E-state index is 13.3. The van der Waals surface area contributed by atoms with Gasteiger partial charge in [0, 0.05) is 22.9 Å². The molecule has 3 aromatic carbocycles. The van der Waals surface area contributed by atoms with E-state index in [9.17, 15) is 8.42 Å². The van der Waals surface area contributed by atoms with Gasteiger partial charge >= 0.3 is 0 Å². The zero-order chi connectivity index (χ0) is 28.0. The van der Waals surface area contributed by atoms with Crippen molar-refractivity contribution in [3.05, 3.63) is 66.4 Å². The van der Waals surface area contributed by atoms with E-state index in [2.05, 4.69) is 25.5 Å². The lowest BCUT2D eigenvalue weighted by Crippen LogP contribution is -2.17. The van der Waals surface area contributed by atoms with Gasteiger partial charge in [0.15, 0.2) is 16.1 Å². The minimum absolute atomic E-state index is 0.153. The number of nitrogens with zero attached hydrogens (tertiary/aromatic N) is 6. The molecular weight excluding hydrogens is 571 g/mol. The summed E-state index contributed by atoms with van der Waals surface area (Å²) >= 11 is 2.48. The van der Waals surface area contributed by atoms with Gasteiger partial charge in [0.25, 0.3) is 0 Å². The summed E-state index contributed by atoms with van der Waals surface area (Å²) < 4.78 is 34.3. The molecule has 3 heterocycles. The number of ether oxygens (including phenoxy) is 1. The Balaban J connectivity index is 1.66. The van der Waals surface area contributed by atoms with Gasteiger partial charge in [0.05, 0.1) is 28.7 Å². The molecule has 6 aromatic rings. The number of para-hydroxylation sites is 1. The Morgan fingerprint density at radius 3 is 2.42 bits per heavy atom. The molecule has 3 aromatic heterocycles. The fourth-order valence-electron chi connectivity index (χ4n) is 4.51. The molecule has 0 aliphatic rings. The fourth-order valence-corrected chi connectivity index (χ4v) is 7.02. The normalized spacial score (nSPS) is 11.8. The first-order chi connectivity index (χ1) is 19.2. The van der Waals surface area contributed by atoms with Crippen LogP contribution < -0.4 is 21.3 Å². The van der Waals surface area contributed by atoms with Gasteiger partial charge < -0.3 is 16.2 Å². The maximum Gasteiger partial charge on any atom is 0.239 e. The minimum Gasteiger partial charge on any atom is -0.497 e. The van der Waals surface area contributed by atoms with Crippen molar-refractivity contribution in [3.8, 4) is 38.7 Å². The van der Waals surface area contributed by atoms with Crippen LogP contribution in [0.4, 0.5) is 10.3 Å². The van der Waals surface area contributed by atoms with Gasteiger partial charge in [-0.3, -0.25) is 0 Å². The molecule has 0 bridgehead atoms. The average Bonchev–Trinajstić information content (AvgIpc) is 3.66. The van der Waals surface area contributed by atoms with Crippen LogP contribution in [-0.4, -0.2) is 45.7 Å². The van der Waals surface area contributed by atoms with Crippen molar-refractivity contribution in [2.75, 3.05) is 18.6 Å². The van der Waals surface area contributed by atoms with E-state index in [-0.39, 0.29) is 28.0 Å². The molecule has 0 aliphatic carbocycles. The minimum atomic E-state index is -4.34. The summed E-state index contributed by atoms with van der Waals surface area (Å²) in [6, 6.07) is 16.5. The number of rotatable bonds is 7. The number of fused-ring (bicyclic) bond motifs is 1. The number of methoxy groups -OCH3 is 1. The molecule has 6 N–H and O–H groups in total. The van der Waals surface area contributed by atoms with Gasteiger partial charge in [-0.2, -0.15) is 0 Å². The SMILES string of the molecule is COc1ccc(Cn2nnnc2-c2c(-c3cccc4sc(N)nc34)ccc(-c3cnc(N)s3)c2S(N)(=O)=O)cc1. The predicted molar refractivity (Wildman–Crippen MR) is 155 cm³/mol. The van der Waals surface area contributed by atoms with Crippen molar-refractivity contribution in [2.24, 2.45) is 5.14 Å². The molecule has 12 nitrogen and oxygen atoms in total. The largest absolute Gasteiger partial charge is 0.497 e. The summed E-state index contributed by atoms with van der Waals surface area (Å²) in [5.74, 6) is 0.904. The first-order valence-electron chi connectivity index (χ1n) is 11.7. The number of nitrogen functional groups attached to an aromatic ring is 2. The van der Waals surface area contributed by atoms with Gasteiger partial charge in [-0.05, 0) is 39.8 Å². The summed E-state index contributed by atoms with van der Waals surface area (Å²) in [5, 5.41) is 18.9. The highest BCUT2D eigenvalue weighted by atomic mass is 32.2. The molecular formula is C25H21N9O3S3. The van der Waals surface area contributed by atoms with E-state index in [4.69, 9.17) is 21.3 Å². The Bertz CT molecular complexity index is 1980. The number of hydrogen-bond acceptors (Lipinski definition) is 12. The molecule has 6 rings (SSSR count). The van der Waals surface area contributed by atoms with E-state index in [0.29, 0.717) is 38.0 Å². The third-order valence-electron chi connectivity index (χ3n) is 6.20. The first-order valence-corrected chi connectivity index (χ1v) is 14.9. The number of thiazole rings is 2. The number of benzene rings is 3. The molecule has 0 unspecified atom stereocenters. The smallest absolute Gasteiger partial charge is 0.239 e. The number of tetrazole rings is 1. The molecule has 40 heavy (non-hydrogen) atoms. The molecule has 0 saturated heterocycles. The highest BCUT2D eigenvalue weighted by molar-refractivity contribution is 7.89. The van der Waals surface area contributed by atoms with Crippen molar-refractivity contribution in [1.82, 2.24) is 30.2 Å².